The Bertz CT molecular complexity index is 1740. The molecule has 0 spiro atoms. The van der Waals surface area contributed by atoms with Crippen molar-refractivity contribution < 1.29 is 19.4 Å². The first-order valence-electron chi connectivity index (χ1n) is 10.7. The van der Waals surface area contributed by atoms with Crippen molar-refractivity contribution >= 4 is 11.0 Å². The second-order valence-electron chi connectivity index (χ2n) is 8.20. The van der Waals surface area contributed by atoms with Crippen LogP contribution in [0.4, 0.5) is 0 Å². The number of hydrogen-bond acceptors (Lipinski definition) is 7. The fourth-order valence-corrected chi connectivity index (χ4v) is 4.14. The lowest BCUT2D eigenvalue weighted by Gasteiger charge is -2.08. The van der Waals surface area contributed by atoms with Gasteiger partial charge in [0.2, 0.25) is 11.2 Å². The number of hydrogen-bond donors (Lipinski definition) is 3. The molecule has 178 valence electrons. The quantitative estimate of drug-likeness (QED) is 0.364. The molecule has 10 nitrogen and oxygen atoms in total. The Labute approximate surface area is 198 Å². The highest BCUT2D eigenvalue weighted by atomic mass is 16.5. The largest absolute Gasteiger partial charge is 0.504 e. The molecular formula is C25H22N4O6. The van der Waals surface area contributed by atoms with Gasteiger partial charge in [-0.05, 0) is 43.3 Å². The van der Waals surface area contributed by atoms with E-state index in [1.165, 1.54) is 19.2 Å². The number of H-pyrrole nitrogens is 1. The van der Waals surface area contributed by atoms with Crippen LogP contribution < -0.4 is 15.9 Å². The maximum Gasteiger partial charge on any atom is 0.328 e. The van der Waals surface area contributed by atoms with Gasteiger partial charge in [0, 0.05) is 31.3 Å². The number of nitrogens with zero attached hydrogens (tertiary/aromatic N) is 3. The summed E-state index contributed by atoms with van der Waals surface area (Å²) < 4.78 is 14.1. The minimum atomic E-state index is -0.588. The Morgan fingerprint density at radius 3 is 2.43 bits per heavy atom. The molecule has 3 heterocycles. The topological polar surface area (TPSA) is 136 Å². The third kappa shape index (κ3) is 3.46. The summed E-state index contributed by atoms with van der Waals surface area (Å²) in [5, 5.41) is 20.6. The van der Waals surface area contributed by atoms with Crippen LogP contribution in [0.1, 0.15) is 5.76 Å². The molecule has 0 aliphatic rings. The van der Waals surface area contributed by atoms with Crippen LogP contribution in [0.2, 0.25) is 0 Å². The van der Waals surface area contributed by atoms with Crippen molar-refractivity contribution in [2.75, 3.05) is 7.11 Å². The number of aromatic amines is 1. The van der Waals surface area contributed by atoms with Crippen molar-refractivity contribution in [1.82, 2.24) is 19.1 Å². The number of aromatic hydroxyl groups is 2. The molecule has 0 aliphatic carbocycles. The van der Waals surface area contributed by atoms with E-state index in [4.69, 9.17) is 14.1 Å². The third-order valence-corrected chi connectivity index (χ3v) is 5.98. The van der Waals surface area contributed by atoms with Crippen LogP contribution in [-0.4, -0.2) is 36.4 Å². The Morgan fingerprint density at radius 2 is 1.69 bits per heavy atom. The van der Waals surface area contributed by atoms with Crippen LogP contribution in [0.5, 0.6) is 17.2 Å². The molecular weight excluding hydrogens is 452 g/mol. The maximum atomic E-state index is 12.4. The van der Waals surface area contributed by atoms with Crippen LogP contribution in [0.3, 0.4) is 0 Å². The van der Waals surface area contributed by atoms with E-state index in [9.17, 15) is 19.8 Å². The maximum absolute atomic E-state index is 12.4. The average molecular weight is 474 g/mol. The Balaban J connectivity index is 1.78. The van der Waals surface area contributed by atoms with Crippen LogP contribution >= 0.6 is 0 Å². The minimum absolute atomic E-state index is 0.0473. The molecule has 0 radical (unpaired) electrons. The van der Waals surface area contributed by atoms with Crippen LogP contribution in [0, 0.1) is 6.92 Å². The Hall–Kier alpha value is -4.73. The summed E-state index contributed by atoms with van der Waals surface area (Å²) in [5.41, 5.74) is 2.60. The summed E-state index contributed by atoms with van der Waals surface area (Å²) in [5.74, 6) is 0.294. The molecule has 3 aromatic heterocycles. The first kappa shape index (κ1) is 22.1. The lowest BCUT2D eigenvalue weighted by molar-refractivity contribution is 0.373. The Kier molecular flexibility index (Phi) is 5.01. The molecule has 0 unspecified atom stereocenters. The van der Waals surface area contributed by atoms with Crippen LogP contribution in [-0.2, 0) is 14.1 Å². The van der Waals surface area contributed by atoms with Crippen LogP contribution in [0.15, 0.2) is 56.5 Å². The number of phenols is 1. The number of aryl methyl sites for hydroxylation is 3. The first-order chi connectivity index (χ1) is 16.7. The molecule has 0 fully saturated rings. The summed E-state index contributed by atoms with van der Waals surface area (Å²) >= 11 is 0. The predicted molar refractivity (Wildman–Crippen MR) is 130 cm³/mol. The van der Waals surface area contributed by atoms with Gasteiger partial charge in [0.05, 0.1) is 18.1 Å². The fourth-order valence-electron chi connectivity index (χ4n) is 4.14. The third-order valence-electron chi connectivity index (χ3n) is 5.98. The highest BCUT2D eigenvalue weighted by Crippen LogP contribution is 2.39. The number of ether oxygens (including phenoxy) is 1. The monoisotopic (exact) mass is 474 g/mol. The second kappa shape index (κ2) is 7.94. The number of aromatic nitrogens is 4. The van der Waals surface area contributed by atoms with Gasteiger partial charge >= 0.3 is 5.69 Å². The molecule has 0 amide bonds. The smallest absolute Gasteiger partial charge is 0.328 e. The molecule has 10 heteroatoms. The highest BCUT2D eigenvalue weighted by Gasteiger charge is 2.23. The zero-order valence-electron chi connectivity index (χ0n) is 19.4. The van der Waals surface area contributed by atoms with E-state index in [1.807, 2.05) is 18.2 Å². The van der Waals surface area contributed by atoms with E-state index in [-0.39, 0.29) is 28.6 Å². The van der Waals surface area contributed by atoms with Gasteiger partial charge in [-0.25, -0.2) is 9.78 Å². The van der Waals surface area contributed by atoms with Gasteiger partial charge in [0.15, 0.2) is 17.3 Å². The molecule has 35 heavy (non-hydrogen) atoms. The number of rotatable bonds is 4. The van der Waals surface area contributed by atoms with Crippen molar-refractivity contribution in [3.63, 3.8) is 0 Å². The van der Waals surface area contributed by atoms with E-state index in [0.29, 0.717) is 33.9 Å². The van der Waals surface area contributed by atoms with E-state index in [1.54, 1.807) is 42.3 Å². The van der Waals surface area contributed by atoms with Crippen molar-refractivity contribution in [1.29, 1.82) is 0 Å². The summed E-state index contributed by atoms with van der Waals surface area (Å²) in [6.45, 7) is 1.61. The standard InChI is InChI=1S/C25H22N4O6/c1-12-9-18(31)22(32)23(35-12)21-20(13-6-8-17(30)19(11-13)34-4)26-24(27-21)14-5-7-15-16(10-14)29(3)25(33)28(15)2/h5-11,30,32H,1-4H3,(H,26,27). The summed E-state index contributed by atoms with van der Waals surface area (Å²) in [7, 11) is 4.82. The van der Waals surface area contributed by atoms with Crippen molar-refractivity contribution in [2.24, 2.45) is 14.1 Å². The van der Waals surface area contributed by atoms with Gasteiger partial charge < -0.3 is 24.4 Å². The minimum Gasteiger partial charge on any atom is -0.504 e. The number of benzene rings is 2. The van der Waals surface area contributed by atoms with Gasteiger partial charge in [0.1, 0.15) is 23.0 Å². The highest BCUT2D eigenvalue weighted by molar-refractivity contribution is 5.85. The average Bonchev–Trinajstić information content (AvgIpc) is 3.38. The Morgan fingerprint density at radius 1 is 0.971 bits per heavy atom. The van der Waals surface area contributed by atoms with Gasteiger partial charge in [0.25, 0.3) is 0 Å². The number of nitrogens with one attached hydrogen (secondary N) is 1. The lowest BCUT2D eigenvalue weighted by atomic mass is 10.1. The number of fused-ring (bicyclic) bond motifs is 1. The van der Waals surface area contributed by atoms with Gasteiger partial charge in [-0.1, -0.05) is 0 Å². The molecule has 5 rings (SSSR count). The summed E-state index contributed by atoms with van der Waals surface area (Å²) in [6, 6.07) is 11.4. The molecule has 3 N–H and O–H groups in total. The van der Waals surface area contributed by atoms with Crippen molar-refractivity contribution in [3.05, 3.63) is 68.9 Å². The first-order valence-corrected chi connectivity index (χ1v) is 10.7. The van der Waals surface area contributed by atoms with Crippen molar-refractivity contribution in [2.45, 2.75) is 6.92 Å². The fraction of sp³-hybridized carbons (Fsp3) is 0.160. The van der Waals surface area contributed by atoms with E-state index in [0.717, 1.165) is 5.52 Å². The zero-order valence-corrected chi connectivity index (χ0v) is 19.4. The van der Waals surface area contributed by atoms with E-state index < -0.39 is 11.2 Å². The molecule has 0 atom stereocenters. The molecule has 0 saturated heterocycles. The zero-order chi connectivity index (χ0) is 25.0. The molecule has 5 aromatic rings. The van der Waals surface area contributed by atoms with Gasteiger partial charge in [-0.2, -0.15) is 0 Å². The van der Waals surface area contributed by atoms with Gasteiger partial charge in [-0.3, -0.25) is 13.9 Å². The molecule has 0 bridgehead atoms. The molecule has 2 aromatic carbocycles. The van der Waals surface area contributed by atoms with Gasteiger partial charge in [-0.15, -0.1) is 0 Å². The number of methoxy groups -OCH3 is 1. The lowest BCUT2D eigenvalue weighted by Crippen LogP contribution is -2.19. The SMILES string of the molecule is COc1cc(-c2nc(-c3ccc4c(c3)n(C)c(=O)n4C)[nH]c2-c2oc(C)cc(=O)c2O)ccc1O. The van der Waals surface area contributed by atoms with Crippen LogP contribution in [0.25, 0.3) is 45.1 Å². The van der Waals surface area contributed by atoms with Crippen molar-refractivity contribution in [3.8, 4) is 51.3 Å². The second-order valence-corrected chi connectivity index (χ2v) is 8.20. The molecule has 0 saturated carbocycles. The number of imidazole rings is 2. The van der Waals surface area contributed by atoms with E-state index in [2.05, 4.69) is 4.98 Å². The summed E-state index contributed by atoms with van der Waals surface area (Å²) in [4.78, 5) is 32.5. The van der Waals surface area contributed by atoms with E-state index >= 15 is 0 Å². The summed E-state index contributed by atoms with van der Waals surface area (Å²) in [6.07, 6.45) is 0. The predicted octanol–water partition coefficient (Wildman–Crippen LogP) is 3.28. The normalized spacial score (nSPS) is 11.3. The molecule has 0 aliphatic heterocycles. The number of phenolic OH excluding ortho intramolecular Hbond substituents is 1.